The first-order valence-corrected chi connectivity index (χ1v) is 10.6. The Morgan fingerprint density at radius 1 is 1.10 bits per heavy atom. The van der Waals surface area contributed by atoms with Crippen LogP contribution < -0.4 is 4.74 Å². The van der Waals surface area contributed by atoms with Crippen LogP contribution in [-0.4, -0.2) is 35.0 Å². The van der Waals surface area contributed by atoms with Crippen molar-refractivity contribution < 1.29 is 13.9 Å². The van der Waals surface area contributed by atoms with Crippen molar-refractivity contribution in [2.24, 2.45) is 0 Å². The van der Waals surface area contributed by atoms with Crippen LogP contribution in [-0.2, 0) is 4.79 Å². The number of likely N-dealkylation sites (tertiary alicyclic amines) is 1. The molecule has 1 aromatic heterocycles. The summed E-state index contributed by atoms with van der Waals surface area (Å²) in [6.07, 6.45) is 2.71. The molecular formula is C24H24ClFN2O2. The molecule has 30 heavy (non-hydrogen) atoms. The van der Waals surface area contributed by atoms with Crippen LogP contribution in [0.4, 0.5) is 4.39 Å². The van der Waals surface area contributed by atoms with Gasteiger partial charge in [-0.3, -0.25) is 9.78 Å². The fourth-order valence-corrected chi connectivity index (χ4v) is 4.24. The van der Waals surface area contributed by atoms with Crippen molar-refractivity contribution in [3.63, 3.8) is 0 Å². The topological polar surface area (TPSA) is 42.4 Å². The number of piperidine rings is 1. The fourth-order valence-electron chi connectivity index (χ4n) is 3.97. The van der Waals surface area contributed by atoms with E-state index in [4.69, 9.17) is 16.3 Å². The van der Waals surface area contributed by atoms with Crippen molar-refractivity contribution in [2.75, 3.05) is 13.1 Å². The molecule has 1 aliphatic heterocycles. The number of fused-ring (bicyclic) bond motifs is 1. The fraction of sp³-hybridized carbons (Fsp3) is 0.333. The summed E-state index contributed by atoms with van der Waals surface area (Å²) in [5.41, 5.74) is 3.18. The molecule has 1 aliphatic rings. The first-order chi connectivity index (χ1) is 14.4. The van der Waals surface area contributed by atoms with Gasteiger partial charge in [-0.1, -0.05) is 11.6 Å². The molecule has 1 atom stereocenters. The molecule has 0 saturated carbocycles. The highest BCUT2D eigenvalue weighted by Crippen LogP contribution is 2.35. The monoisotopic (exact) mass is 426 g/mol. The molecular weight excluding hydrogens is 403 g/mol. The minimum atomic E-state index is -0.559. The third-order valence-electron chi connectivity index (χ3n) is 5.46. The number of pyridine rings is 1. The van der Waals surface area contributed by atoms with Crippen LogP contribution in [0.2, 0.25) is 5.02 Å². The molecule has 2 aromatic carbocycles. The highest BCUT2D eigenvalue weighted by molar-refractivity contribution is 6.33. The van der Waals surface area contributed by atoms with Crippen molar-refractivity contribution >= 4 is 28.4 Å². The number of hydrogen-bond acceptors (Lipinski definition) is 3. The largest absolute Gasteiger partial charge is 0.481 e. The number of halogens is 2. The van der Waals surface area contributed by atoms with Gasteiger partial charge in [0.05, 0.1) is 10.5 Å². The van der Waals surface area contributed by atoms with Crippen molar-refractivity contribution in [3.8, 4) is 16.9 Å². The van der Waals surface area contributed by atoms with Crippen molar-refractivity contribution in [1.82, 2.24) is 9.88 Å². The Balaban J connectivity index is 1.64. The molecule has 0 aliphatic carbocycles. The quantitative estimate of drug-likeness (QED) is 0.530. The summed E-state index contributed by atoms with van der Waals surface area (Å²) >= 11 is 6.30. The Kier molecular flexibility index (Phi) is 5.91. The molecule has 3 aromatic rings. The van der Waals surface area contributed by atoms with Gasteiger partial charge in [-0.15, -0.1) is 0 Å². The molecule has 1 amide bonds. The molecule has 1 unspecified atom stereocenters. The number of benzene rings is 2. The van der Waals surface area contributed by atoms with Gasteiger partial charge in [0.25, 0.3) is 5.91 Å². The zero-order chi connectivity index (χ0) is 21.3. The second-order valence-corrected chi connectivity index (χ2v) is 8.17. The molecule has 4 rings (SSSR count). The molecule has 4 nitrogen and oxygen atoms in total. The number of ether oxygens (including phenoxy) is 1. The van der Waals surface area contributed by atoms with Crippen LogP contribution in [0.3, 0.4) is 0 Å². The Morgan fingerprint density at radius 2 is 1.87 bits per heavy atom. The maximum atomic E-state index is 13.5. The number of aromatic nitrogens is 1. The normalized spacial score (nSPS) is 15.3. The number of carbonyl (C=O) groups is 1. The van der Waals surface area contributed by atoms with Gasteiger partial charge in [0.15, 0.2) is 6.10 Å². The lowest BCUT2D eigenvalue weighted by molar-refractivity contribution is -0.138. The zero-order valence-electron chi connectivity index (χ0n) is 17.1. The lowest BCUT2D eigenvalue weighted by atomic mass is 10.00. The van der Waals surface area contributed by atoms with E-state index in [2.05, 4.69) is 4.98 Å². The van der Waals surface area contributed by atoms with Gasteiger partial charge >= 0.3 is 0 Å². The van der Waals surface area contributed by atoms with E-state index in [1.807, 2.05) is 36.1 Å². The molecule has 1 fully saturated rings. The molecule has 0 radical (unpaired) electrons. The number of amides is 1. The van der Waals surface area contributed by atoms with Gasteiger partial charge in [0.2, 0.25) is 0 Å². The van der Waals surface area contributed by atoms with Crippen LogP contribution in [0, 0.1) is 12.7 Å². The van der Waals surface area contributed by atoms with Crippen molar-refractivity contribution in [3.05, 3.63) is 59.0 Å². The van der Waals surface area contributed by atoms with Crippen molar-refractivity contribution in [2.45, 2.75) is 39.2 Å². The minimum absolute atomic E-state index is 0.0192. The highest BCUT2D eigenvalue weighted by Gasteiger charge is 2.23. The summed E-state index contributed by atoms with van der Waals surface area (Å²) in [5.74, 6) is 0.238. The van der Waals surface area contributed by atoms with E-state index in [0.717, 1.165) is 53.7 Å². The molecule has 156 valence electrons. The van der Waals surface area contributed by atoms with Gasteiger partial charge < -0.3 is 9.64 Å². The van der Waals surface area contributed by atoms with Gasteiger partial charge in [0, 0.05) is 35.8 Å². The third kappa shape index (κ3) is 4.26. The lowest BCUT2D eigenvalue weighted by Gasteiger charge is -2.29. The van der Waals surface area contributed by atoms with E-state index in [-0.39, 0.29) is 11.7 Å². The number of hydrogen-bond donors (Lipinski definition) is 0. The summed E-state index contributed by atoms with van der Waals surface area (Å²) in [6.45, 7) is 5.28. The van der Waals surface area contributed by atoms with E-state index in [1.165, 1.54) is 18.6 Å². The van der Waals surface area contributed by atoms with E-state index >= 15 is 0 Å². The van der Waals surface area contributed by atoms with E-state index in [9.17, 15) is 9.18 Å². The third-order valence-corrected chi connectivity index (χ3v) is 5.77. The molecule has 0 spiro atoms. The second kappa shape index (κ2) is 8.60. The number of carbonyl (C=O) groups excluding carboxylic acids is 1. The van der Waals surface area contributed by atoms with Crippen LogP contribution in [0.1, 0.15) is 31.9 Å². The Bertz CT molecular complexity index is 1100. The SMILES string of the molecule is Cc1cc(-c2ccc(F)cc2Cl)c2ccc(OC(C)C(=O)N3CCCCC3)cc2n1. The molecule has 0 N–H and O–H groups in total. The van der Waals surface area contributed by atoms with Crippen LogP contribution >= 0.6 is 11.6 Å². The smallest absolute Gasteiger partial charge is 0.263 e. The number of aryl methyl sites for hydroxylation is 1. The predicted octanol–water partition coefficient (Wildman–Crippen LogP) is 5.78. The predicted molar refractivity (Wildman–Crippen MR) is 117 cm³/mol. The summed E-state index contributed by atoms with van der Waals surface area (Å²) in [6, 6.07) is 11.9. The van der Waals surface area contributed by atoms with Gasteiger partial charge in [-0.05, 0) is 75.1 Å². The van der Waals surface area contributed by atoms with E-state index in [1.54, 1.807) is 13.0 Å². The summed E-state index contributed by atoms with van der Waals surface area (Å²) in [7, 11) is 0. The number of nitrogens with zero attached hydrogens (tertiary/aromatic N) is 2. The average molecular weight is 427 g/mol. The average Bonchev–Trinajstić information content (AvgIpc) is 2.73. The zero-order valence-corrected chi connectivity index (χ0v) is 17.9. The van der Waals surface area contributed by atoms with Crippen LogP contribution in [0.15, 0.2) is 42.5 Å². The van der Waals surface area contributed by atoms with Crippen LogP contribution in [0.5, 0.6) is 5.75 Å². The maximum Gasteiger partial charge on any atom is 0.263 e. The maximum absolute atomic E-state index is 13.5. The highest BCUT2D eigenvalue weighted by atomic mass is 35.5. The van der Waals surface area contributed by atoms with Gasteiger partial charge in [-0.25, -0.2) is 4.39 Å². The number of rotatable bonds is 4. The minimum Gasteiger partial charge on any atom is -0.481 e. The molecule has 2 heterocycles. The Hall–Kier alpha value is -2.66. The summed E-state index contributed by atoms with van der Waals surface area (Å²) < 4.78 is 19.4. The van der Waals surface area contributed by atoms with Gasteiger partial charge in [-0.2, -0.15) is 0 Å². The Labute approximate surface area is 180 Å². The molecule has 6 heteroatoms. The molecule has 0 bridgehead atoms. The molecule has 1 saturated heterocycles. The van der Waals surface area contributed by atoms with Crippen molar-refractivity contribution in [1.29, 1.82) is 0 Å². The lowest BCUT2D eigenvalue weighted by Crippen LogP contribution is -2.43. The first-order valence-electron chi connectivity index (χ1n) is 10.2. The van der Waals surface area contributed by atoms with E-state index in [0.29, 0.717) is 10.8 Å². The second-order valence-electron chi connectivity index (χ2n) is 7.76. The van der Waals surface area contributed by atoms with Crippen LogP contribution in [0.25, 0.3) is 22.0 Å². The standard InChI is InChI=1S/C24H24ClFN2O2/c1-15-12-21(19-8-6-17(26)13-22(19)25)20-9-7-18(14-23(20)27-15)30-16(2)24(29)28-10-4-3-5-11-28/h6-9,12-14,16H,3-5,10-11H2,1-2H3. The summed E-state index contributed by atoms with van der Waals surface area (Å²) in [5, 5.41) is 1.24. The first kappa shape index (κ1) is 20.6. The Morgan fingerprint density at radius 3 is 2.60 bits per heavy atom. The summed E-state index contributed by atoms with van der Waals surface area (Å²) in [4.78, 5) is 19.2. The van der Waals surface area contributed by atoms with E-state index < -0.39 is 6.10 Å². The van der Waals surface area contributed by atoms with Gasteiger partial charge in [0.1, 0.15) is 11.6 Å².